The molecule has 0 radical (unpaired) electrons. The summed E-state index contributed by atoms with van der Waals surface area (Å²) in [5.41, 5.74) is 0.685. The molecule has 0 aliphatic rings. The molecular formula is C7H9NOS2. The molecule has 0 saturated heterocycles. The first-order chi connectivity index (χ1) is 5.29. The Morgan fingerprint density at radius 3 is 3.00 bits per heavy atom. The largest absolute Gasteiger partial charge is 0.411 e. The fraction of sp³-hybridized carbons (Fsp3) is 0.286. The van der Waals surface area contributed by atoms with Gasteiger partial charge in [-0.25, -0.2) is 0 Å². The summed E-state index contributed by atoms with van der Waals surface area (Å²) < 4.78 is 0. The van der Waals surface area contributed by atoms with Crippen molar-refractivity contribution in [1.82, 2.24) is 0 Å². The summed E-state index contributed by atoms with van der Waals surface area (Å²) in [5, 5.41) is 13.7. The number of hydrogen-bond donors (Lipinski definition) is 1. The van der Waals surface area contributed by atoms with Gasteiger partial charge in [0.2, 0.25) is 0 Å². The Morgan fingerprint density at radius 1 is 1.73 bits per heavy atom. The van der Waals surface area contributed by atoms with Crippen molar-refractivity contribution in [2.24, 2.45) is 5.16 Å². The summed E-state index contributed by atoms with van der Waals surface area (Å²) in [7, 11) is 0. The van der Waals surface area contributed by atoms with Crippen LogP contribution in [-0.4, -0.2) is 17.2 Å². The van der Waals surface area contributed by atoms with Gasteiger partial charge in [-0.3, -0.25) is 0 Å². The minimum Gasteiger partial charge on any atom is -0.411 e. The number of nitrogens with zero attached hydrogens (tertiary/aromatic N) is 1. The zero-order valence-electron chi connectivity index (χ0n) is 6.37. The van der Waals surface area contributed by atoms with E-state index < -0.39 is 0 Å². The third-order valence-electron chi connectivity index (χ3n) is 1.33. The van der Waals surface area contributed by atoms with Gasteiger partial charge in [0.25, 0.3) is 0 Å². The number of thiophene rings is 1. The molecule has 0 aliphatic carbocycles. The van der Waals surface area contributed by atoms with Crippen molar-refractivity contribution in [3.05, 3.63) is 16.3 Å². The smallest absolute Gasteiger partial charge is 0.0947 e. The van der Waals surface area contributed by atoms with Crippen LogP contribution in [0.2, 0.25) is 0 Å². The molecular weight excluding hydrogens is 178 g/mol. The molecule has 1 aromatic rings. The summed E-state index contributed by atoms with van der Waals surface area (Å²) in [6, 6.07) is 2.03. The molecule has 1 aromatic heterocycles. The highest BCUT2D eigenvalue weighted by molar-refractivity contribution is 7.98. The van der Waals surface area contributed by atoms with Crippen LogP contribution >= 0.6 is 23.1 Å². The van der Waals surface area contributed by atoms with Gasteiger partial charge in [0.1, 0.15) is 0 Å². The summed E-state index contributed by atoms with van der Waals surface area (Å²) in [6.45, 7) is 1.80. The lowest BCUT2D eigenvalue weighted by Crippen LogP contribution is -1.91. The molecule has 11 heavy (non-hydrogen) atoms. The molecule has 0 aromatic carbocycles. The molecule has 0 unspecified atom stereocenters. The Labute approximate surface area is 73.9 Å². The van der Waals surface area contributed by atoms with Crippen LogP contribution in [0, 0.1) is 0 Å². The van der Waals surface area contributed by atoms with Crippen molar-refractivity contribution in [2.75, 3.05) is 6.26 Å². The van der Waals surface area contributed by atoms with Gasteiger partial charge in [0.05, 0.1) is 10.6 Å². The molecule has 0 saturated carbocycles. The lowest BCUT2D eigenvalue weighted by atomic mass is 10.3. The van der Waals surface area contributed by atoms with Crippen LogP contribution in [-0.2, 0) is 0 Å². The topological polar surface area (TPSA) is 32.6 Å². The normalized spacial score (nSPS) is 12.0. The maximum atomic E-state index is 8.51. The average molecular weight is 187 g/mol. The maximum Gasteiger partial charge on any atom is 0.0947 e. The highest BCUT2D eigenvalue weighted by Crippen LogP contribution is 2.25. The molecule has 0 atom stereocenters. The molecule has 0 aliphatic heterocycles. The fourth-order valence-corrected chi connectivity index (χ4v) is 2.52. The van der Waals surface area contributed by atoms with E-state index in [0.717, 1.165) is 4.88 Å². The first-order valence-corrected chi connectivity index (χ1v) is 5.20. The molecule has 0 fully saturated rings. The van der Waals surface area contributed by atoms with E-state index in [1.807, 2.05) is 17.7 Å². The van der Waals surface area contributed by atoms with Crippen molar-refractivity contribution < 1.29 is 5.21 Å². The second-order valence-corrected chi connectivity index (χ2v) is 3.77. The summed E-state index contributed by atoms with van der Waals surface area (Å²) in [6.07, 6.45) is 2.01. The van der Waals surface area contributed by atoms with Gasteiger partial charge in [0, 0.05) is 4.90 Å². The molecule has 4 heteroatoms. The van der Waals surface area contributed by atoms with Crippen molar-refractivity contribution >= 4 is 28.8 Å². The average Bonchev–Trinajstić information content (AvgIpc) is 2.50. The van der Waals surface area contributed by atoms with E-state index in [4.69, 9.17) is 5.21 Å². The predicted molar refractivity (Wildman–Crippen MR) is 50.1 cm³/mol. The molecule has 60 valence electrons. The Morgan fingerprint density at radius 2 is 2.45 bits per heavy atom. The van der Waals surface area contributed by atoms with E-state index in [-0.39, 0.29) is 0 Å². The van der Waals surface area contributed by atoms with Crippen molar-refractivity contribution in [3.8, 4) is 0 Å². The quantitative estimate of drug-likeness (QED) is 0.334. The zero-order valence-corrected chi connectivity index (χ0v) is 8.00. The van der Waals surface area contributed by atoms with Gasteiger partial charge in [-0.1, -0.05) is 5.16 Å². The van der Waals surface area contributed by atoms with Gasteiger partial charge in [-0.15, -0.1) is 23.1 Å². The second kappa shape index (κ2) is 3.78. The van der Waals surface area contributed by atoms with Crippen LogP contribution < -0.4 is 0 Å². The van der Waals surface area contributed by atoms with Crippen molar-refractivity contribution in [2.45, 2.75) is 11.8 Å². The second-order valence-electron chi connectivity index (χ2n) is 2.00. The Balaban J connectivity index is 3.02. The molecule has 2 nitrogen and oxygen atoms in total. The van der Waals surface area contributed by atoms with E-state index in [1.165, 1.54) is 4.90 Å². The Bertz CT molecular complexity index is 267. The third-order valence-corrected chi connectivity index (χ3v) is 3.26. The van der Waals surface area contributed by atoms with Crippen LogP contribution in [0.25, 0.3) is 0 Å². The summed E-state index contributed by atoms with van der Waals surface area (Å²) in [5.74, 6) is 0. The van der Waals surface area contributed by atoms with Crippen molar-refractivity contribution in [1.29, 1.82) is 0 Å². The predicted octanol–water partition coefficient (Wildman–Crippen LogP) is 2.67. The van der Waals surface area contributed by atoms with E-state index in [2.05, 4.69) is 5.16 Å². The molecule has 0 amide bonds. The fourth-order valence-electron chi connectivity index (χ4n) is 0.767. The highest BCUT2D eigenvalue weighted by atomic mass is 32.2. The van der Waals surface area contributed by atoms with Crippen LogP contribution in [0.4, 0.5) is 0 Å². The van der Waals surface area contributed by atoms with E-state index in [0.29, 0.717) is 5.71 Å². The SMILES string of the molecule is CSc1ccsc1/C(C)=N/O. The first kappa shape index (κ1) is 8.62. The van der Waals surface area contributed by atoms with Gasteiger partial charge >= 0.3 is 0 Å². The van der Waals surface area contributed by atoms with Gasteiger partial charge in [0.15, 0.2) is 0 Å². The van der Waals surface area contributed by atoms with Crippen LogP contribution in [0.3, 0.4) is 0 Å². The molecule has 1 rings (SSSR count). The van der Waals surface area contributed by atoms with Crippen LogP contribution in [0.15, 0.2) is 21.5 Å². The lowest BCUT2D eigenvalue weighted by Gasteiger charge is -1.95. The minimum atomic E-state index is 0.685. The Hall–Kier alpha value is -0.480. The number of thioether (sulfide) groups is 1. The third kappa shape index (κ3) is 1.75. The summed E-state index contributed by atoms with van der Waals surface area (Å²) >= 11 is 3.26. The van der Waals surface area contributed by atoms with E-state index in [1.54, 1.807) is 30.0 Å². The number of rotatable bonds is 2. The lowest BCUT2D eigenvalue weighted by molar-refractivity contribution is 0.319. The number of hydrogen-bond acceptors (Lipinski definition) is 4. The Kier molecular flexibility index (Phi) is 2.96. The van der Waals surface area contributed by atoms with Crippen LogP contribution in [0.1, 0.15) is 11.8 Å². The molecule has 0 spiro atoms. The van der Waals surface area contributed by atoms with E-state index in [9.17, 15) is 0 Å². The standard InChI is InChI=1S/C7H9NOS2/c1-5(8-9)7-6(10-2)3-4-11-7/h3-4,9H,1-2H3/b8-5+. The highest BCUT2D eigenvalue weighted by Gasteiger charge is 2.05. The van der Waals surface area contributed by atoms with Gasteiger partial charge in [-0.2, -0.15) is 0 Å². The minimum absolute atomic E-state index is 0.685. The number of oxime groups is 1. The maximum absolute atomic E-state index is 8.51. The van der Waals surface area contributed by atoms with Crippen molar-refractivity contribution in [3.63, 3.8) is 0 Å². The van der Waals surface area contributed by atoms with Crippen LogP contribution in [0.5, 0.6) is 0 Å². The van der Waals surface area contributed by atoms with Gasteiger partial charge in [-0.05, 0) is 24.6 Å². The zero-order chi connectivity index (χ0) is 8.27. The summed E-state index contributed by atoms with van der Waals surface area (Å²) in [4.78, 5) is 2.23. The first-order valence-electron chi connectivity index (χ1n) is 3.10. The monoisotopic (exact) mass is 187 g/mol. The van der Waals surface area contributed by atoms with E-state index >= 15 is 0 Å². The molecule has 0 bridgehead atoms. The molecule has 1 heterocycles. The molecule has 1 N–H and O–H groups in total. The van der Waals surface area contributed by atoms with Gasteiger partial charge < -0.3 is 5.21 Å².